The summed E-state index contributed by atoms with van der Waals surface area (Å²) in [5, 5.41) is 0. The summed E-state index contributed by atoms with van der Waals surface area (Å²) in [7, 11) is -2.95. The number of hydrogen-bond acceptors (Lipinski definition) is 6. The highest BCUT2D eigenvalue weighted by Crippen LogP contribution is 2.12. The molecule has 0 aliphatic rings. The standard InChI is InChI=1S/2C2H7NO2P/c2*1-6(4)5-2-3/h2*2-3H2,1H3/q2*+1. The second kappa shape index (κ2) is 11.0. The summed E-state index contributed by atoms with van der Waals surface area (Å²) in [4.78, 5) is 0. The van der Waals surface area contributed by atoms with Crippen LogP contribution in [0.25, 0.3) is 0 Å². The Kier molecular flexibility index (Phi) is 13.4. The topological polar surface area (TPSA) is 105 Å². The van der Waals surface area contributed by atoms with E-state index in [1.807, 2.05) is 0 Å². The van der Waals surface area contributed by atoms with Crippen LogP contribution in [-0.2, 0) is 18.2 Å². The van der Waals surface area contributed by atoms with Crippen molar-refractivity contribution in [2.75, 3.05) is 26.8 Å². The number of rotatable bonds is 4. The lowest BCUT2D eigenvalue weighted by atomic mass is 11.4. The first-order chi connectivity index (χ1) is 5.54. The fourth-order valence-electron chi connectivity index (χ4n) is 0.210. The second-order valence-electron chi connectivity index (χ2n) is 1.47. The van der Waals surface area contributed by atoms with Gasteiger partial charge in [-0.1, -0.05) is 0 Å². The molecular formula is C4H14N2O4P2+2. The van der Waals surface area contributed by atoms with Crippen LogP contribution in [0.5, 0.6) is 0 Å². The van der Waals surface area contributed by atoms with Gasteiger partial charge in [0.25, 0.3) is 0 Å². The van der Waals surface area contributed by atoms with Gasteiger partial charge in [-0.2, -0.15) is 0 Å². The summed E-state index contributed by atoms with van der Waals surface area (Å²) in [6, 6.07) is 0. The van der Waals surface area contributed by atoms with Gasteiger partial charge in [-0.3, -0.25) is 0 Å². The van der Waals surface area contributed by atoms with E-state index in [1.54, 1.807) is 0 Å². The van der Waals surface area contributed by atoms with Gasteiger partial charge in [0.2, 0.25) is 0 Å². The third-order valence-corrected chi connectivity index (χ3v) is 1.54. The Morgan fingerprint density at radius 2 is 1.25 bits per heavy atom. The van der Waals surface area contributed by atoms with Gasteiger partial charge >= 0.3 is 16.1 Å². The lowest BCUT2D eigenvalue weighted by Crippen LogP contribution is -1.97. The van der Waals surface area contributed by atoms with Crippen molar-refractivity contribution in [3.05, 3.63) is 0 Å². The summed E-state index contributed by atoms with van der Waals surface area (Å²) in [5.41, 5.74) is 9.65. The van der Waals surface area contributed by atoms with Crippen LogP contribution >= 0.6 is 16.1 Å². The van der Waals surface area contributed by atoms with Crippen molar-refractivity contribution in [1.82, 2.24) is 0 Å². The van der Waals surface area contributed by atoms with Crippen LogP contribution in [0.3, 0.4) is 0 Å². The van der Waals surface area contributed by atoms with Gasteiger partial charge < -0.3 is 11.5 Å². The minimum Gasteiger partial charge on any atom is -0.305 e. The molecule has 0 aliphatic heterocycles. The smallest absolute Gasteiger partial charge is 0.305 e. The molecule has 6 nitrogen and oxygen atoms in total. The van der Waals surface area contributed by atoms with Crippen molar-refractivity contribution < 1.29 is 18.2 Å². The maximum atomic E-state index is 9.89. The van der Waals surface area contributed by atoms with Crippen molar-refractivity contribution >= 4 is 16.1 Å². The van der Waals surface area contributed by atoms with Crippen molar-refractivity contribution in [2.24, 2.45) is 11.5 Å². The van der Waals surface area contributed by atoms with Crippen LogP contribution < -0.4 is 11.5 Å². The molecule has 0 aromatic rings. The third kappa shape index (κ3) is 22.5. The zero-order valence-corrected chi connectivity index (χ0v) is 8.89. The minimum atomic E-state index is -1.48. The molecule has 4 N–H and O–H groups in total. The fourth-order valence-corrected chi connectivity index (χ4v) is 0.630. The summed E-state index contributed by atoms with van der Waals surface area (Å²) in [5.74, 6) is 0. The predicted octanol–water partition coefficient (Wildman–Crippen LogP) is 0.583. The molecule has 0 aliphatic carbocycles. The molecule has 0 saturated carbocycles. The first-order valence-corrected chi connectivity index (χ1v) is 6.27. The Bertz CT molecular complexity index is 127. The predicted molar refractivity (Wildman–Crippen MR) is 47.3 cm³/mol. The van der Waals surface area contributed by atoms with E-state index in [2.05, 4.69) is 9.05 Å². The van der Waals surface area contributed by atoms with E-state index in [4.69, 9.17) is 11.5 Å². The SMILES string of the molecule is C[P+](=O)OCN.C[P+](=O)OCN. The number of nitrogens with two attached hydrogens (primary N) is 2. The minimum absolute atomic E-state index is 0.0473. The lowest BCUT2D eigenvalue weighted by Gasteiger charge is -1.71. The molecule has 0 saturated heterocycles. The van der Waals surface area contributed by atoms with Crippen LogP contribution in [0.2, 0.25) is 0 Å². The molecule has 72 valence electrons. The van der Waals surface area contributed by atoms with E-state index in [-0.39, 0.29) is 13.5 Å². The molecule has 0 fully saturated rings. The fraction of sp³-hybridized carbons (Fsp3) is 1.00. The van der Waals surface area contributed by atoms with E-state index < -0.39 is 16.1 Å². The average molecular weight is 216 g/mol. The van der Waals surface area contributed by atoms with Crippen molar-refractivity contribution in [3.63, 3.8) is 0 Å². The van der Waals surface area contributed by atoms with E-state index in [0.717, 1.165) is 0 Å². The molecule has 0 aromatic heterocycles. The van der Waals surface area contributed by atoms with Gasteiger partial charge in [-0.05, 0) is 9.13 Å². The normalized spacial score (nSPS) is 11.3. The molecule has 12 heavy (non-hydrogen) atoms. The molecule has 2 unspecified atom stereocenters. The van der Waals surface area contributed by atoms with Crippen LogP contribution in [0.4, 0.5) is 0 Å². The van der Waals surface area contributed by atoms with E-state index in [1.165, 1.54) is 13.3 Å². The Balaban J connectivity index is 0. The molecular weight excluding hydrogens is 202 g/mol. The van der Waals surface area contributed by atoms with Gasteiger partial charge in [0, 0.05) is 0 Å². The zero-order chi connectivity index (χ0) is 9.98. The van der Waals surface area contributed by atoms with Gasteiger partial charge in [0.15, 0.2) is 26.8 Å². The molecule has 0 spiro atoms. The highest BCUT2D eigenvalue weighted by atomic mass is 31.1. The Labute approximate surface area is 73.3 Å². The quantitative estimate of drug-likeness (QED) is 0.526. The Morgan fingerprint density at radius 3 is 1.25 bits per heavy atom. The van der Waals surface area contributed by atoms with E-state index in [9.17, 15) is 9.13 Å². The van der Waals surface area contributed by atoms with Gasteiger partial charge in [0.1, 0.15) is 0 Å². The maximum absolute atomic E-state index is 9.89. The largest absolute Gasteiger partial charge is 0.506 e. The summed E-state index contributed by atoms with van der Waals surface area (Å²) in [6.07, 6.45) is 0. The summed E-state index contributed by atoms with van der Waals surface area (Å²) >= 11 is 0. The molecule has 0 aromatic carbocycles. The molecule has 0 radical (unpaired) electrons. The Hall–Kier alpha value is 0.0400. The third-order valence-electron chi connectivity index (χ3n) is 0.513. The molecule has 0 amide bonds. The van der Waals surface area contributed by atoms with Crippen LogP contribution in [0, 0.1) is 0 Å². The molecule has 2 atom stereocenters. The first-order valence-electron chi connectivity index (χ1n) is 3.02. The van der Waals surface area contributed by atoms with Crippen molar-refractivity contribution in [2.45, 2.75) is 0 Å². The molecule has 0 bridgehead atoms. The molecule has 8 heteroatoms. The lowest BCUT2D eigenvalue weighted by molar-refractivity contribution is 0.343. The Morgan fingerprint density at radius 1 is 1.00 bits per heavy atom. The average Bonchev–Trinajstić information content (AvgIpc) is 1.87. The van der Waals surface area contributed by atoms with Crippen molar-refractivity contribution in [1.29, 1.82) is 0 Å². The number of hydrogen-bond donors (Lipinski definition) is 2. The van der Waals surface area contributed by atoms with Gasteiger partial charge in [0.05, 0.1) is 0 Å². The zero-order valence-electron chi connectivity index (χ0n) is 7.10. The van der Waals surface area contributed by atoms with E-state index >= 15 is 0 Å². The molecule has 0 heterocycles. The van der Waals surface area contributed by atoms with Crippen LogP contribution in [0.15, 0.2) is 0 Å². The molecule has 0 rings (SSSR count). The van der Waals surface area contributed by atoms with Crippen LogP contribution in [-0.4, -0.2) is 26.8 Å². The summed E-state index contributed by atoms with van der Waals surface area (Å²) < 4.78 is 28.4. The van der Waals surface area contributed by atoms with Gasteiger partial charge in [-0.25, -0.2) is 0 Å². The maximum Gasteiger partial charge on any atom is 0.506 e. The first kappa shape index (κ1) is 14.6. The monoisotopic (exact) mass is 216 g/mol. The van der Waals surface area contributed by atoms with Crippen LogP contribution in [0.1, 0.15) is 0 Å². The highest BCUT2D eigenvalue weighted by molar-refractivity contribution is 7.38. The van der Waals surface area contributed by atoms with Gasteiger partial charge in [-0.15, -0.1) is 9.05 Å². The van der Waals surface area contributed by atoms with E-state index in [0.29, 0.717) is 0 Å². The second-order valence-corrected chi connectivity index (χ2v) is 3.75. The highest BCUT2D eigenvalue weighted by Gasteiger charge is 2.01. The summed E-state index contributed by atoms with van der Waals surface area (Å²) in [6.45, 7) is 3.02. The van der Waals surface area contributed by atoms with Crippen molar-refractivity contribution in [3.8, 4) is 0 Å².